The number of carbonyl (C=O) groups is 1. The predicted octanol–water partition coefficient (Wildman–Crippen LogP) is 3.47. The average Bonchev–Trinajstić information content (AvgIpc) is 3.22. The van der Waals surface area contributed by atoms with Gasteiger partial charge >= 0.3 is 0 Å². The summed E-state index contributed by atoms with van der Waals surface area (Å²) in [6, 6.07) is 14.1. The zero-order valence-electron chi connectivity index (χ0n) is 17.3. The Morgan fingerprint density at radius 1 is 1.12 bits per heavy atom. The first-order valence-electron chi connectivity index (χ1n) is 9.90. The Labute approximate surface area is 185 Å². The molecule has 32 heavy (non-hydrogen) atoms. The van der Waals surface area contributed by atoms with Gasteiger partial charge in [-0.3, -0.25) is 9.52 Å². The molecule has 1 fully saturated rings. The number of phenolic OH excluding ortho intramolecular Hbond substituents is 1. The summed E-state index contributed by atoms with van der Waals surface area (Å²) in [5.74, 6) is 0.511. The van der Waals surface area contributed by atoms with Crippen LogP contribution in [0.4, 0.5) is 22.9 Å². The van der Waals surface area contributed by atoms with Crippen molar-refractivity contribution in [2.75, 3.05) is 28.6 Å². The van der Waals surface area contributed by atoms with E-state index in [2.05, 4.69) is 15.0 Å². The van der Waals surface area contributed by atoms with Crippen molar-refractivity contribution in [3.05, 3.63) is 60.8 Å². The van der Waals surface area contributed by atoms with Crippen molar-refractivity contribution in [2.24, 2.45) is 0 Å². The van der Waals surface area contributed by atoms with Gasteiger partial charge in [-0.25, -0.2) is 13.4 Å². The molecule has 1 aromatic heterocycles. The van der Waals surface area contributed by atoms with Crippen LogP contribution in [0.5, 0.6) is 11.5 Å². The number of carbonyl (C=O) groups excluding carboxylic acids is 1. The molecule has 3 aromatic rings. The molecule has 3 N–H and O–H groups in total. The normalized spacial score (nSPS) is 13.8. The summed E-state index contributed by atoms with van der Waals surface area (Å²) >= 11 is 0. The molecule has 4 rings (SSSR count). The fourth-order valence-electron chi connectivity index (χ4n) is 3.43. The van der Waals surface area contributed by atoms with Gasteiger partial charge in [0.1, 0.15) is 16.4 Å². The van der Waals surface area contributed by atoms with Crippen LogP contribution in [-0.2, 0) is 14.8 Å². The smallest absolute Gasteiger partial charge is 0.265 e. The van der Waals surface area contributed by atoms with Crippen LogP contribution in [0.1, 0.15) is 12.8 Å². The van der Waals surface area contributed by atoms with Crippen LogP contribution in [0.25, 0.3) is 0 Å². The highest BCUT2D eigenvalue weighted by Crippen LogP contribution is 2.33. The topological polar surface area (TPSA) is 121 Å². The lowest BCUT2D eigenvalue weighted by Crippen LogP contribution is -2.24. The number of hydrogen-bond acceptors (Lipinski definition) is 7. The molecule has 0 radical (unpaired) electrons. The molecule has 10 heteroatoms. The summed E-state index contributed by atoms with van der Waals surface area (Å²) in [6.07, 6.45) is 2.70. The zero-order chi connectivity index (χ0) is 22.7. The first kappa shape index (κ1) is 21.4. The van der Waals surface area contributed by atoms with Gasteiger partial charge in [0.2, 0.25) is 5.91 Å². The Bertz CT molecular complexity index is 1250. The van der Waals surface area contributed by atoms with Crippen LogP contribution in [0.15, 0.2) is 65.7 Å². The second-order valence-electron chi connectivity index (χ2n) is 7.16. The summed E-state index contributed by atoms with van der Waals surface area (Å²) in [5, 5.41) is 12.5. The molecule has 1 aliphatic rings. The largest absolute Gasteiger partial charge is 0.508 e. The van der Waals surface area contributed by atoms with E-state index in [0.717, 1.165) is 6.42 Å². The number of aromatic hydroxyl groups is 1. The van der Waals surface area contributed by atoms with Crippen molar-refractivity contribution >= 4 is 38.8 Å². The molecule has 1 saturated heterocycles. The molecule has 0 atom stereocenters. The van der Waals surface area contributed by atoms with Gasteiger partial charge in [0.05, 0.1) is 12.8 Å². The number of ether oxygens (including phenoxy) is 1. The number of amides is 1. The van der Waals surface area contributed by atoms with Gasteiger partial charge in [0.25, 0.3) is 10.0 Å². The van der Waals surface area contributed by atoms with Crippen molar-refractivity contribution in [1.82, 2.24) is 4.98 Å². The number of pyridine rings is 1. The number of rotatable bonds is 7. The zero-order valence-corrected chi connectivity index (χ0v) is 18.1. The van der Waals surface area contributed by atoms with Gasteiger partial charge in [0.15, 0.2) is 5.82 Å². The number of phenols is 1. The number of anilines is 4. The highest BCUT2D eigenvalue weighted by atomic mass is 32.2. The molecule has 166 valence electrons. The average molecular weight is 455 g/mol. The molecule has 0 saturated carbocycles. The van der Waals surface area contributed by atoms with Crippen LogP contribution >= 0.6 is 0 Å². The van der Waals surface area contributed by atoms with Gasteiger partial charge in [-0.15, -0.1) is 0 Å². The predicted molar refractivity (Wildman–Crippen MR) is 121 cm³/mol. The maximum Gasteiger partial charge on any atom is 0.265 e. The van der Waals surface area contributed by atoms with Crippen molar-refractivity contribution in [2.45, 2.75) is 17.7 Å². The van der Waals surface area contributed by atoms with Crippen molar-refractivity contribution in [3.8, 4) is 11.5 Å². The summed E-state index contributed by atoms with van der Waals surface area (Å²) < 4.78 is 34.4. The Kier molecular flexibility index (Phi) is 5.87. The first-order chi connectivity index (χ1) is 15.4. The quantitative estimate of drug-likeness (QED) is 0.468. The molecule has 9 nitrogen and oxygen atoms in total. The first-order valence-corrected chi connectivity index (χ1v) is 11.4. The molecule has 0 unspecified atom stereocenters. The van der Waals surface area contributed by atoms with Crippen molar-refractivity contribution in [3.63, 3.8) is 0 Å². The third-order valence-electron chi connectivity index (χ3n) is 5.00. The molecule has 2 aromatic carbocycles. The van der Waals surface area contributed by atoms with E-state index in [0.29, 0.717) is 24.3 Å². The second kappa shape index (κ2) is 8.75. The fraction of sp³-hybridized carbons (Fsp3) is 0.182. The number of sulfonamides is 1. The number of nitrogens with one attached hydrogen (secondary N) is 2. The Balaban J connectivity index is 1.66. The molecule has 0 spiro atoms. The maximum atomic E-state index is 13.3. The Morgan fingerprint density at radius 3 is 2.59 bits per heavy atom. The minimum Gasteiger partial charge on any atom is -0.508 e. The molecule has 1 amide bonds. The summed E-state index contributed by atoms with van der Waals surface area (Å²) in [4.78, 5) is 17.8. The lowest BCUT2D eigenvalue weighted by molar-refractivity contribution is -0.117. The van der Waals surface area contributed by atoms with E-state index in [4.69, 9.17) is 4.74 Å². The monoisotopic (exact) mass is 454 g/mol. The van der Waals surface area contributed by atoms with E-state index in [9.17, 15) is 18.3 Å². The van der Waals surface area contributed by atoms with Gasteiger partial charge in [-0.2, -0.15) is 0 Å². The molecule has 2 heterocycles. The third-order valence-corrected chi connectivity index (χ3v) is 6.39. The second-order valence-corrected chi connectivity index (χ2v) is 8.81. The van der Waals surface area contributed by atoms with Crippen molar-refractivity contribution in [1.29, 1.82) is 0 Å². The lowest BCUT2D eigenvalue weighted by atomic mass is 10.3. The minimum absolute atomic E-state index is 0.0425. The SMILES string of the molecule is COc1ccc(N2CCCC2=O)cc1S(=O)(=O)Nc1cccnc1Nc1ccc(O)cc1. The summed E-state index contributed by atoms with van der Waals surface area (Å²) in [5.41, 5.74) is 1.35. The number of nitrogens with zero attached hydrogens (tertiary/aromatic N) is 2. The highest BCUT2D eigenvalue weighted by Gasteiger charge is 2.26. The van der Waals surface area contributed by atoms with Crippen molar-refractivity contribution < 1.29 is 23.1 Å². The van der Waals surface area contributed by atoms with E-state index >= 15 is 0 Å². The van der Waals surface area contributed by atoms with E-state index in [1.54, 1.807) is 35.2 Å². The molecule has 1 aliphatic heterocycles. The van der Waals surface area contributed by atoms with Crippen LogP contribution in [-0.4, -0.2) is 38.1 Å². The Morgan fingerprint density at radius 2 is 1.91 bits per heavy atom. The van der Waals surface area contributed by atoms with Crippen LogP contribution < -0.4 is 19.7 Å². The lowest BCUT2D eigenvalue weighted by Gasteiger charge is -2.19. The van der Waals surface area contributed by atoms with E-state index in [1.807, 2.05) is 0 Å². The summed E-state index contributed by atoms with van der Waals surface area (Å²) in [6.45, 7) is 0.543. The van der Waals surface area contributed by atoms with E-state index in [1.165, 1.54) is 37.6 Å². The van der Waals surface area contributed by atoms with Gasteiger partial charge < -0.3 is 20.1 Å². The van der Waals surface area contributed by atoms with E-state index in [-0.39, 0.29) is 33.8 Å². The van der Waals surface area contributed by atoms with Crippen LogP contribution in [0.3, 0.4) is 0 Å². The molecular formula is C22H22N4O5S. The summed E-state index contributed by atoms with van der Waals surface area (Å²) in [7, 11) is -2.69. The third kappa shape index (κ3) is 4.45. The Hall–Kier alpha value is -3.79. The van der Waals surface area contributed by atoms with Gasteiger partial charge in [-0.05, 0) is 61.0 Å². The number of benzene rings is 2. The van der Waals surface area contributed by atoms with Crippen LogP contribution in [0, 0.1) is 0 Å². The molecule has 0 bridgehead atoms. The van der Waals surface area contributed by atoms with Crippen LogP contribution in [0.2, 0.25) is 0 Å². The number of hydrogen-bond donors (Lipinski definition) is 3. The number of aromatic nitrogens is 1. The maximum absolute atomic E-state index is 13.3. The van der Waals surface area contributed by atoms with Gasteiger partial charge in [0, 0.05) is 30.5 Å². The highest BCUT2D eigenvalue weighted by molar-refractivity contribution is 7.92. The minimum atomic E-state index is -4.08. The standard InChI is InChI=1S/C22H22N4O5S/c1-31-19-11-8-16(26-13-3-5-21(26)28)14-20(19)32(29,30)25-18-4-2-12-23-22(18)24-15-6-9-17(27)10-7-15/h2,4,6-12,14,25,27H,3,5,13H2,1H3,(H,23,24). The molecule has 0 aliphatic carbocycles. The van der Waals surface area contributed by atoms with E-state index < -0.39 is 10.0 Å². The number of methoxy groups -OCH3 is 1. The molecular weight excluding hydrogens is 432 g/mol. The fourth-order valence-corrected chi connectivity index (χ4v) is 4.69. The van der Waals surface area contributed by atoms with Gasteiger partial charge in [-0.1, -0.05) is 0 Å².